The SMILES string of the molecule is CC1CCc2cc(N(C)CCc3ccccc3)ccc2N1. The number of anilines is 2. The van der Waals surface area contributed by atoms with Crippen LogP contribution in [0.3, 0.4) is 0 Å². The molecule has 110 valence electrons. The van der Waals surface area contributed by atoms with E-state index in [2.05, 4.69) is 72.7 Å². The summed E-state index contributed by atoms with van der Waals surface area (Å²) in [6.07, 6.45) is 3.50. The molecule has 0 radical (unpaired) electrons. The van der Waals surface area contributed by atoms with Gasteiger partial charge < -0.3 is 10.2 Å². The molecule has 1 N–H and O–H groups in total. The van der Waals surface area contributed by atoms with Crippen molar-refractivity contribution in [3.05, 3.63) is 59.7 Å². The molecule has 1 aliphatic heterocycles. The zero-order chi connectivity index (χ0) is 14.7. The molecule has 21 heavy (non-hydrogen) atoms. The Morgan fingerprint density at radius 3 is 2.76 bits per heavy atom. The molecule has 0 bridgehead atoms. The monoisotopic (exact) mass is 280 g/mol. The number of aryl methyl sites for hydroxylation is 1. The highest BCUT2D eigenvalue weighted by Crippen LogP contribution is 2.28. The molecule has 0 amide bonds. The zero-order valence-corrected chi connectivity index (χ0v) is 13.0. The Labute approximate surface area is 127 Å². The Morgan fingerprint density at radius 2 is 1.95 bits per heavy atom. The van der Waals surface area contributed by atoms with Crippen LogP contribution in [0.4, 0.5) is 11.4 Å². The van der Waals surface area contributed by atoms with Crippen LogP contribution in [0.5, 0.6) is 0 Å². The van der Waals surface area contributed by atoms with Crippen LogP contribution in [0.1, 0.15) is 24.5 Å². The summed E-state index contributed by atoms with van der Waals surface area (Å²) < 4.78 is 0. The summed E-state index contributed by atoms with van der Waals surface area (Å²) >= 11 is 0. The molecule has 2 aromatic carbocycles. The van der Waals surface area contributed by atoms with E-state index in [0.29, 0.717) is 6.04 Å². The molecule has 0 aliphatic carbocycles. The van der Waals surface area contributed by atoms with Gasteiger partial charge in [0.1, 0.15) is 0 Å². The smallest absolute Gasteiger partial charge is 0.0376 e. The third-order valence-electron chi connectivity index (χ3n) is 4.36. The Hall–Kier alpha value is -1.96. The lowest BCUT2D eigenvalue weighted by Crippen LogP contribution is -2.23. The molecule has 0 spiro atoms. The van der Waals surface area contributed by atoms with Crippen molar-refractivity contribution < 1.29 is 0 Å². The molecule has 0 aromatic heterocycles. The first-order valence-electron chi connectivity index (χ1n) is 7.87. The van der Waals surface area contributed by atoms with Crippen molar-refractivity contribution in [2.45, 2.75) is 32.2 Å². The molecular formula is C19H24N2. The average Bonchev–Trinajstić information content (AvgIpc) is 2.53. The first kappa shape index (κ1) is 14.0. The Balaban J connectivity index is 1.66. The highest BCUT2D eigenvalue weighted by molar-refractivity contribution is 5.62. The Kier molecular flexibility index (Phi) is 4.14. The molecule has 1 aliphatic rings. The summed E-state index contributed by atoms with van der Waals surface area (Å²) in [6.45, 7) is 3.30. The largest absolute Gasteiger partial charge is 0.382 e. The van der Waals surface area contributed by atoms with Crippen LogP contribution in [-0.2, 0) is 12.8 Å². The van der Waals surface area contributed by atoms with Crippen LogP contribution in [0.2, 0.25) is 0 Å². The summed E-state index contributed by atoms with van der Waals surface area (Å²) in [6, 6.07) is 18.1. The third-order valence-corrected chi connectivity index (χ3v) is 4.36. The lowest BCUT2D eigenvalue weighted by molar-refractivity contribution is 0.680. The minimum atomic E-state index is 0.596. The van der Waals surface area contributed by atoms with Gasteiger partial charge >= 0.3 is 0 Å². The Bertz CT molecular complexity index is 592. The molecular weight excluding hydrogens is 256 g/mol. The average molecular weight is 280 g/mol. The molecule has 0 saturated carbocycles. The number of likely N-dealkylation sites (N-methyl/N-ethyl adjacent to an activating group) is 1. The van der Waals surface area contributed by atoms with Gasteiger partial charge in [-0.15, -0.1) is 0 Å². The van der Waals surface area contributed by atoms with E-state index >= 15 is 0 Å². The predicted molar refractivity (Wildman–Crippen MR) is 91.3 cm³/mol. The van der Waals surface area contributed by atoms with E-state index < -0.39 is 0 Å². The van der Waals surface area contributed by atoms with Gasteiger partial charge in [0.2, 0.25) is 0 Å². The van der Waals surface area contributed by atoms with Gasteiger partial charge in [-0.2, -0.15) is 0 Å². The molecule has 3 rings (SSSR count). The fraction of sp³-hybridized carbons (Fsp3) is 0.368. The predicted octanol–water partition coefficient (Wildman–Crippen LogP) is 4.11. The number of nitrogens with zero attached hydrogens (tertiary/aromatic N) is 1. The lowest BCUT2D eigenvalue weighted by Gasteiger charge is -2.27. The van der Waals surface area contributed by atoms with E-state index in [1.807, 2.05) is 0 Å². The van der Waals surface area contributed by atoms with E-state index in [1.165, 1.54) is 35.3 Å². The minimum Gasteiger partial charge on any atom is -0.382 e. The van der Waals surface area contributed by atoms with Crippen molar-refractivity contribution in [1.82, 2.24) is 0 Å². The standard InChI is InChI=1S/C19H24N2/c1-15-8-9-17-14-18(10-11-19(17)20-15)21(2)13-12-16-6-4-3-5-7-16/h3-7,10-11,14-15,20H,8-9,12-13H2,1-2H3. The minimum absolute atomic E-state index is 0.596. The van der Waals surface area contributed by atoms with Gasteiger partial charge in [0.15, 0.2) is 0 Å². The summed E-state index contributed by atoms with van der Waals surface area (Å²) in [7, 11) is 2.18. The number of fused-ring (bicyclic) bond motifs is 1. The summed E-state index contributed by atoms with van der Waals surface area (Å²) in [5.41, 5.74) is 5.49. The zero-order valence-electron chi connectivity index (χ0n) is 13.0. The maximum atomic E-state index is 3.57. The maximum absolute atomic E-state index is 3.57. The summed E-state index contributed by atoms with van der Waals surface area (Å²) in [4.78, 5) is 2.35. The molecule has 1 heterocycles. The van der Waals surface area contributed by atoms with Crippen LogP contribution in [0, 0.1) is 0 Å². The molecule has 0 saturated heterocycles. The summed E-state index contributed by atoms with van der Waals surface area (Å²) in [5, 5.41) is 3.57. The summed E-state index contributed by atoms with van der Waals surface area (Å²) in [5.74, 6) is 0. The molecule has 1 atom stereocenters. The van der Waals surface area contributed by atoms with Crippen molar-refractivity contribution in [3.63, 3.8) is 0 Å². The number of nitrogens with one attached hydrogen (secondary N) is 1. The van der Waals surface area contributed by atoms with Crippen LogP contribution in [0.25, 0.3) is 0 Å². The topological polar surface area (TPSA) is 15.3 Å². The van der Waals surface area contributed by atoms with E-state index in [1.54, 1.807) is 0 Å². The first-order valence-corrected chi connectivity index (χ1v) is 7.87. The number of benzene rings is 2. The normalized spacial score (nSPS) is 17.0. The third kappa shape index (κ3) is 3.38. The fourth-order valence-corrected chi connectivity index (χ4v) is 2.95. The highest BCUT2D eigenvalue weighted by Gasteiger charge is 2.14. The van der Waals surface area contributed by atoms with E-state index in [9.17, 15) is 0 Å². The van der Waals surface area contributed by atoms with Gasteiger partial charge in [-0.05, 0) is 55.5 Å². The number of rotatable bonds is 4. The number of hydrogen-bond donors (Lipinski definition) is 1. The van der Waals surface area contributed by atoms with E-state index in [4.69, 9.17) is 0 Å². The van der Waals surface area contributed by atoms with E-state index in [-0.39, 0.29) is 0 Å². The Morgan fingerprint density at radius 1 is 1.14 bits per heavy atom. The molecule has 1 unspecified atom stereocenters. The molecule has 0 fully saturated rings. The van der Waals surface area contributed by atoms with Crippen LogP contribution < -0.4 is 10.2 Å². The van der Waals surface area contributed by atoms with Crippen molar-refractivity contribution in [3.8, 4) is 0 Å². The molecule has 2 aromatic rings. The second-order valence-electron chi connectivity index (χ2n) is 6.08. The van der Waals surface area contributed by atoms with Crippen LogP contribution in [-0.4, -0.2) is 19.6 Å². The molecule has 2 heteroatoms. The van der Waals surface area contributed by atoms with E-state index in [0.717, 1.165) is 13.0 Å². The fourth-order valence-electron chi connectivity index (χ4n) is 2.95. The van der Waals surface area contributed by atoms with Crippen molar-refractivity contribution in [1.29, 1.82) is 0 Å². The number of hydrogen-bond acceptors (Lipinski definition) is 2. The lowest BCUT2D eigenvalue weighted by atomic mass is 9.98. The quantitative estimate of drug-likeness (QED) is 0.906. The second-order valence-corrected chi connectivity index (χ2v) is 6.08. The van der Waals surface area contributed by atoms with Gasteiger partial charge in [-0.25, -0.2) is 0 Å². The van der Waals surface area contributed by atoms with Crippen LogP contribution >= 0.6 is 0 Å². The highest BCUT2D eigenvalue weighted by atomic mass is 15.1. The van der Waals surface area contributed by atoms with Crippen molar-refractivity contribution in [2.24, 2.45) is 0 Å². The first-order chi connectivity index (χ1) is 10.2. The van der Waals surface area contributed by atoms with Crippen molar-refractivity contribution in [2.75, 3.05) is 23.8 Å². The van der Waals surface area contributed by atoms with Gasteiger partial charge in [-0.1, -0.05) is 30.3 Å². The van der Waals surface area contributed by atoms with Gasteiger partial charge in [0.25, 0.3) is 0 Å². The van der Waals surface area contributed by atoms with Crippen molar-refractivity contribution >= 4 is 11.4 Å². The van der Waals surface area contributed by atoms with Crippen LogP contribution in [0.15, 0.2) is 48.5 Å². The van der Waals surface area contributed by atoms with Gasteiger partial charge in [0.05, 0.1) is 0 Å². The second kappa shape index (κ2) is 6.21. The van der Waals surface area contributed by atoms with Gasteiger partial charge in [0, 0.05) is 31.0 Å². The molecule has 2 nitrogen and oxygen atoms in total. The van der Waals surface area contributed by atoms with Gasteiger partial charge in [-0.3, -0.25) is 0 Å². The maximum Gasteiger partial charge on any atom is 0.0376 e.